The zero-order valence-corrected chi connectivity index (χ0v) is 17.4. The summed E-state index contributed by atoms with van der Waals surface area (Å²) >= 11 is 0. The molecule has 0 bridgehead atoms. The Morgan fingerprint density at radius 2 is 1.78 bits per heavy atom. The number of alkyl halides is 3. The third kappa shape index (κ3) is 4.74. The lowest BCUT2D eigenvalue weighted by atomic mass is 10.1. The van der Waals surface area contributed by atoms with Gasteiger partial charge in [0.15, 0.2) is 11.8 Å². The van der Waals surface area contributed by atoms with E-state index in [9.17, 15) is 22.8 Å². The van der Waals surface area contributed by atoms with E-state index in [1.54, 1.807) is 13.0 Å². The first-order chi connectivity index (χ1) is 15.0. The van der Waals surface area contributed by atoms with Crippen LogP contribution in [0.15, 0.2) is 48.7 Å². The Hall–Kier alpha value is -3.82. The predicted octanol–water partition coefficient (Wildman–Crippen LogP) is 4.61. The summed E-state index contributed by atoms with van der Waals surface area (Å²) in [5.74, 6) is -1.59. The minimum Gasteiger partial charge on any atom is -0.481 e. The lowest BCUT2D eigenvalue weighted by molar-refractivity contribution is -0.143. The molecule has 0 unspecified atom stereocenters. The highest BCUT2D eigenvalue weighted by Crippen LogP contribution is 2.33. The van der Waals surface area contributed by atoms with E-state index in [2.05, 4.69) is 10.4 Å². The summed E-state index contributed by atoms with van der Waals surface area (Å²) < 4.78 is 46.3. The summed E-state index contributed by atoms with van der Waals surface area (Å²) in [5, 5.41) is 15.2. The molecule has 1 atom stereocenters. The first-order valence-corrected chi connectivity index (χ1v) is 9.51. The topological polar surface area (TPSA) is 93.5 Å². The molecule has 3 rings (SSSR count). The van der Waals surface area contributed by atoms with Gasteiger partial charge in [-0.3, -0.25) is 4.79 Å². The normalized spacial score (nSPS) is 12.3. The summed E-state index contributed by atoms with van der Waals surface area (Å²) in [7, 11) is 0. The largest absolute Gasteiger partial charge is 0.481 e. The number of hydrogen-bond donors (Lipinski definition) is 2. The van der Waals surface area contributed by atoms with Crippen molar-refractivity contribution in [3.63, 3.8) is 0 Å². The number of hydrogen-bond acceptors (Lipinski definition) is 4. The van der Waals surface area contributed by atoms with Crippen molar-refractivity contribution in [2.45, 2.75) is 33.1 Å². The zero-order chi connectivity index (χ0) is 23.6. The lowest BCUT2D eigenvalue weighted by Gasteiger charge is -2.17. The van der Waals surface area contributed by atoms with Crippen LogP contribution in [0.25, 0.3) is 5.69 Å². The molecule has 1 aromatic heterocycles. The molecule has 0 radical (unpaired) electrons. The second kappa shape index (κ2) is 8.74. The molecule has 0 aliphatic carbocycles. The van der Waals surface area contributed by atoms with Gasteiger partial charge in [0.25, 0.3) is 5.91 Å². The molecule has 2 aromatic carbocycles. The fraction of sp³-hybridized carbons (Fsp3) is 0.227. The molecule has 32 heavy (non-hydrogen) atoms. The number of anilines is 1. The van der Waals surface area contributed by atoms with Crippen LogP contribution in [0.5, 0.6) is 5.75 Å². The molecule has 3 aromatic rings. The average Bonchev–Trinajstić information content (AvgIpc) is 3.18. The Bertz CT molecular complexity index is 1150. The fourth-order valence-electron chi connectivity index (χ4n) is 3.00. The number of ether oxygens (including phenoxy) is 1. The first kappa shape index (κ1) is 22.9. The molecular weight excluding hydrogens is 427 g/mol. The van der Waals surface area contributed by atoms with Gasteiger partial charge in [0.1, 0.15) is 11.3 Å². The van der Waals surface area contributed by atoms with Crippen LogP contribution in [0, 0.1) is 13.8 Å². The number of aromatic carboxylic acids is 1. The molecular formula is C22H20F3N3O4. The molecule has 10 heteroatoms. The number of nitrogens with one attached hydrogen (secondary N) is 1. The average molecular weight is 447 g/mol. The number of aryl methyl sites for hydroxylation is 1. The van der Waals surface area contributed by atoms with Crippen LogP contribution in [0.2, 0.25) is 0 Å². The summed E-state index contributed by atoms with van der Waals surface area (Å²) in [6.07, 6.45) is -5.10. The summed E-state index contributed by atoms with van der Waals surface area (Å²) in [5.41, 5.74) is -0.0907. The highest BCUT2D eigenvalue weighted by molar-refractivity contribution is 5.94. The smallest absolute Gasteiger partial charge is 0.434 e. The van der Waals surface area contributed by atoms with E-state index >= 15 is 0 Å². The van der Waals surface area contributed by atoms with Crippen molar-refractivity contribution >= 4 is 17.6 Å². The fourth-order valence-corrected chi connectivity index (χ4v) is 3.00. The van der Waals surface area contributed by atoms with Crippen molar-refractivity contribution in [2.24, 2.45) is 0 Å². The number of halogens is 3. The van der Waals surface area contributed by atoms with Gasteiger partial charge in [-0.1, -0.05) is 12.1 Å². The zero-order valence-electron chi connectivity index (χ0n) is 17.4. The van der Waals surface area contributed by atoms with Crippen LogP contribution in [-0.4, -0.2) is 32.9 Å². The van der Waals surface area contributed by atoms with Gasteiger partial charge in [-0.05, 0) is 62.2 Å². The van der Waals surface area contributed by atoms with Gasteiger partial charge in [-0.2, -0.15) is 18.3 Å². The molecule has 0 saturated carbocycles. The Balaban J connectivity index is 1.76. The van der Waals surface area contributed by atoms with Crippen molar-refractivity contribution in [2.75, 3.05) is 5.32 Å². The van der Waals surface area contributed by atoms with Crippen LogP contribution < -0.4 is 10.1 Å². The van der Waals surface area contributed by atoms with Crippen LogP contribution in [0.4, 0.5) is 18.9 Å². The SMILES string of the molecule is Cc1cccc(O[C@@H](C)C(=O)Nc2ccc(-n3ncc(C(=O)O)c3C(F)(F)F)cc2)c1C. The van der Waals surface area contributed by atoms with Gasteiger partial charge < -0.3 is 15.2 Å². The van der Waals surface area contributed by atoms with E-state index < -0.39 is 35.4 Å². The van der Waals surface area contributed by atoms with Crippen LogP contribution >= 0.6 is 0 Å². The summed E-state index contributed by atoms with van der Waals surface area (Å²) in [4.78, 5) is 23.6. The van der Waals surface area contributed by atoms with Gasteiger partial charge in [0.2, 0.25) is 0 Å². The van der Waals surface area contributed by atoms with Crippen molar-refractivity contribution in [1.82, 2.24) is 9.78 Å². The molecule has 1 amide bonds. The molecule has 0 aliphatic heterocycles. The Kier molecular flexibility index (Phi) is 6.24. The van der Waals surface area contributed by atoms with E-state index in [-0.39, 0.29) is 5.69 Å². The monoisotopic (exact) mass is 447 g/mol. The van der Waals surface area contributed by atoms with Crippen LogP contribution in [0.1, 0.15) is 34.1 Å². The molecule has 0 saturated heterocycles. The molecule has 1 heterocycles. The molecule has 7 nitrogen and oxygen atoms in total. The number of carbonyl (C=O) groups is 2. The number of amides is 1. The Morgan fingerprint density at radius 1 is 1.12 bits per heavy atom. The Morgan fingerprint density at radius 3 is 2.38 bits per heavy atom. The van der Waals surface area contributed by atoms with E-state index in [4.69, 9.17) is 9.84 Å². The van der Waals surface area contributed by atoms with E-state index in [0.29, 0.717) is 22.3 Å². The quantitative estimate of drug-likeness (QED) is 0.576. The highest BCUT2D eigenvalue weighted by atomic mass is 19.4. The van der Waals surface area contributed by atoms with Crippen molar-refractivity contribution in [3.05, 3.63) is 71.0 Å². The lowest BCUT2D eigenvalue weighted by Crippen LogP contribution is -2.30. The van der Waals surface area contributed by atoms with Crippen LogP contribution in [0.3, 0.4) is 0 Å². The molecule has 2 N–H and O–H groups in total. The molecule has 0 fully saturated rings. The molecule has 0 aliphatic rings. The van der Waals surface area contributed by atoms with Gasteiger partial charge >= 0.3 is 12.1 Å². The third-order valence-corrected chi connectivity index (χ3v) is 4.88. The van der Waals surface area contributed by atoms with E-state index in [0.717, 1.165) is 11.1 Å². The highest BCUT2D eigenvalue weighted by Gasteiger charge is 2.40. The van der Waals surface area contributed by atoms with Crippen LogP contribution in [-0.2, 0) is 11.0 Å². The van der Waals surface area contributed by atoms with Gasteiger partial charge in [-0.25, -0.2) is 9.48 Å². The number of carboxylic acids is 1. The number of carboxylic acid groups (broad SMARTS) is 1. The van der Waals surface area contributed by atoms with Crippen molar-refractivity contribution < 1.29 is 32.6 Å². The molecule has 0 spiro atoms. The van der Waals surface area contributed by atoms with E-state index in [1.807, 2.05) is 26.0 Å². The standard InChI is InChI=1S/C22H20F3N3O4/c1-12-5-4-6-18(13(12)2)32-14(3)20(29)27-15-7-9-16(10-8-15)28-19(22(23,24)25)17(11-26-28)21(30)31/h4-11,14H,1-3H3,(H,27,29)(H,30,31)/t14-/m0/s1. The second-order valence-electron chi connectivity index (χ2n) is 7.12. The summed E-state index contributed by atoms with van der Waals surface area (Å²) in [6.45, 7) is 5.39. The Labute approximate surface area is 181 Å². The minimum atomic E-state index is -4.92. The van der Waals surface area contributed by atoms with Crippen molar-refractivity contribution in [3.8, 4) is 11.4 Å². The first-order valence-electron chi connectivity index (χ1n) is 9.51. The second-order valence-corrected chi connectivity index (χ2v) is 7.12. The summed E-state index contributed by atoms with van der Waals surface area (Å²) in [6, 6.07) is 10.9. The van der Waals surface area contributed by atoms with E-state index in [1.165, 1.54) is 24.3 Å². The van der Waals surface area contributed by atoms with Gasteiger partial charge in [0, 0.05) is 5.69 Å². The maximum absolute atomic E-state index is 13.4. The van der Waals surface area contributed by atoms with Crippen molar-refractivity contribution in [1.29, 1.82) is 0 Å². The minimum absolute atomic E-state index is 0.0116. The number of aromatic nitrogens is 2. The maximum Gasteiger partial charge on any atom is 0.434 e. The number of nitrogens with zero attached hydrogens (tertiary/aromatic N) is 2. The number of carbonyl (C=O) groups excluding carboxylic acids is 1. The van der Waals surface area contributed by atoms with Gasteiger partial charge in [-0.15, -0.1) is 0 Å². The number of benzene rings is 2. The third-order valence-electron chi connectivity index (χ3n) is 4.88. The number of rotatable bonds is 6. The maximum atomic E-state index is 13.4. The van der Waals surface area contributed by atoms with Gasteiger partial charge in [0.05, 0.1) is 11.9 Å². The predicted molar refractivity (Wildman–Crippen MR) is 110 cm³/mol. The molecule has 168 valence electrons.